The highest BCUT2D eigenvalue weighted by Crippen LogP contribution is 2.30. The molecule has 1 aromatic rings. The van der Waals surface area contributed by atoms with E-state index in [-0.39, 0.29) is 23.6 Å². The predicted octanol–water partition coefficient (Wildman–Crippen LogP) is -0.888. The summed E-state index contributed by atoms with van der Waals surface area (Å²) in [6.07, 6.45) is 0. The number of hydrogen-bond donors (Lipinski definition) is 1. The van der Waals surface area contributed by atoms with Crippen LogP contribution >= 0.6 is 0 Å². The molecule has 114 valence electrons. The maximum atomic E-state index is 11.1. The van der Waals surface area contributed by atoms with Crippen LogP contribution in [-0.4, -0.2) is 42.3 Å². The Balaban J connectivity index is 0.00000200. The van der Waals surface area contributed by atoms with Gasteiger partial charge in [0.25, 0.3) is 0 Å². The summed E-state index contributed by atoms with van der Waals surface area (Å²) in [6, 6.07) is 1.65. The Morgan fingerprint density at radius 3 is 2.45 bits per heavy atom. The van der Waals surface area contributed by atoms with E-state index in [4.69, 9.17) is 14.3 Å². The summed E-state index contributed by atoms with van der Waals surface area (Å²) in [5, 5.41) is 9.07. The number of nitrogens with zero attached hydrogens (tertiary/aromatic N) is 1. The maximum Gasteiger partial charge on any atom is 0.371 e. The van der Waals surface area contributed by atoms with Crippen molar-refractivity contribution in [3.05, 3.63) is 23.2 Å². The number of carbonyl (C=O) groups is 1. The molecule has 0 aliphatic carbocycles. The molecule has 1 aliphatic rings. The summed E-state index contributed by atoms with van der Waals surface area (Å²) in [7, 11) is 0. The Hall–Kier alpha value is -1.04. The van der Waals surface area contributed by atoms with Crippen LogP contribution in [0.5, 0.6) is 0 Å². The zero-order valence-corrected chi connectivity index (χ0v) is 12.9. The van der Waals surface area contributed by atoms with Gasteiger partial charge in [0.1, 0.15) is 5.76 Å². The van der Waals surface area contributed by atoms with Gasteiger partial charge in [0.15, 0.2) is 0 Å². The van der Waals surface area contributed by atoms with Crippen molar-refractivity contribution in [1.29, 1.82) is 0 Å². The topological polar surface area (TPSA) is 62.9 Å². The van der Waals surface area contributed by atoms with Crippen molar-refractivity contribution in [2.45, 2.75) is 32.7 Å². The molecule has 0 saturated carbocycles. The van der Waals surface area contributed by atoms with Crippen LogP contribution in [-0.2, 0) is 16.7 Å². The average Bonchev–Trinajstić information content (AvgIpc) is 2.74. The van der Waals surface area contributed by atoms with Crippen molar-refractivity contribution in [2.75, 3.05) is 26.3 Å². The lowest BCUT2D eigenvalue weighted by molar-refractivity contribution is -0.0000220. The van der Waals surface area contributed by atoms with Crippen LogP contribution in [0.1, 0.15) is 42.6 Å². The Bertz CT molecular complexity index is 458. The number of aromatic carboxylic acids is 1. The summed E-state index contributed by atoms with van der Waals surface area (Å²) in [5.41, 5.74) is 0.766. The predicted molar refractivity (Wildman–Crippen MR) is 70.5 cm³/mol. The fourth-order valence-corrected chi connectivity index (χ4v) is 2.29. The van der Waals surface area contributed by atoms with Crippen molar-refractivity contribution in [1.82, 2.24) is 4.90 Å². The first-order chi connectivity index (χ1) is 8.88. The zero-order chi connectivity index (χ0) is 14.0. The summed E-state index contributed by atoms with van der Waals surface area (Å²) >= 11 is 0. The van der Waals surface area contributed by atoms with Gasteiger partial charge in [0.2, 0.25) is 5.76 Å². The minimum Gasteiger partial charge on any atom is -1.00 e. The van der Waals surface area contributed by atoms with Crippen LogP contribution in [0.2, 0.25) is 0 Å². The fourth-order valence-electron chi connectivity index (χ4n) is 2.29. The molecular formula is C14H21ClNO4-. The van der Waals surface area contributed by atoms with E-state index in [0.29, 0.717) is 6.54 Å². The number of furan rings is 1. The standard InChI is InChI=1S/C14H21NO4.ClH/c1-14(2,3)12-10(8-11(19-12)13(16)17)9-15-4-6-18-7-5-15;/h8H,4-7,9H2,1-3H3,(H,16,17);1H/p-1. The van der Waals surface area contributed by atoms with Crippen molar-refractivity contribution in [2.24, 2.45) is 0 Å². The monoisotopic (exact) mass is 302 g/mol. The second kappa shape index (κ2) is 6.61. The number of carboxylic acid groups (broad SMARTS) is 1. The maximum absolute atomic E-state index is 11.1. The Morgan fingerprint density at radius 2 is 1.95 bits per heavy atom. The van der Waals surface area contributed by atoms with Gasteiger partial charge >= 0.3 is 5.97 Å². The molecule has 0 bridgehead atoms. The van der Waals surface area contributed by atoms with Gasteiger partial charge in [-0.05, 0) is 6.07 Å². The van der Waals surface area contributed by atoms with Gasteiger partial charge in [0.05, 0.1) is 13.2 Å². The van der Waals surface area contributed by atoms with E-state index in [0.717, 1.165) is 37.6 Å². The molecule has 1 aliphatic heterocycles. The third kappa shape index (κ3) is 3.98. The van der Waals surface area contributed by atoms with Gasteiger partial charge in [0, 0.05) is 30.6 Å². The van der Waals surface area contributed by atoms with Crippen molar-refractivity contribution in [3.63, 3.8) is 0 Å². The lowest BCUT2D eigenvalue weighted by Crippen LogP contribution is -3.00. The molecule has 20 heavy (non-hydrogen) atoms. The number of carboxylic acids is 1. The highest BCUT2D eigenvalue weighted by atomic mass is 35.5. The van der Waals surface area contributed by atoms with Crippen LogP contribution < -0.4 is 12.4 Å². The van der Waals surface area contributed by atoms with Crippen molar-refractivity contribution >= 4 is 5.97 Å². The summed E-state index contributed by atoms with van der Waals surface area (Å²) in [6.45, 7) is 10.0. The average molecular weight is 303 g/mol. The summed E-state index contributed by atoms with van der Waals surface area (Å²) in [5.74, 6) is -0.233. The minimum atomic E-state index is -1.02. The SMILES string of the molecule is CC(C)(C)c1oc(C(=O)O)cc1CN1CCOCC1.[Cl-]. The summed E-state index contributed by atoms with van der Waals surface area (Å²) in [4.78, 5) is 13.3. The Morgan fingerprint density at radius 1 is 1.35 bits per heavy atom. The van der Waals surface area contributed by atoms with Crippen LogP contribution in [0.3, 0.4) is 0 Å². The van der Waals surface area contributed by atoms with Gasteiger partial charge in [-0.15, -0.1) is 0 Å². The molecule has 1 N–H and O–H groups in total. The van der Waals surface area contributed by atoms with Gasteiger partial charge in [-0.2, -0.15) is 0 Å². The molecule has 0 radical (unpaired) electrons. The largest absolute Gasteiger partial charge is 1.00 e. The van der Waals surface area contributed by atoms with E-state index >= 15 is 0 Å². The molecule has 2 rings (SSSR count). The van der Waals surface area contributed by atoms with E-state index in [1.165, 1.54) is 0 Å². The lowest BCUT2D eigenvalue weighted by Gasteiger charge is -2.27. The van der Waals surface area contributed by atoms with Crippen molar-refractivity contribution < 1.29 is 31.5 Å². The van der Waals surface area contributed by atoms with Gasteiger partial charge in [-0.1, -0.05) is 20.8 Å². The molecule has 1 fully saturated rings. The second-order valence-corrected chi connectivity index (χ2v) is 5.91. The number of morpholine rings is 1. The highest BCUT2D eigenvalue weighted by molar-refractivity contribution is 5.84. The molecule has 0 amide bonds. The molecule has 5 nitrogen and oxygen atoms in total. The van der Waals surface area contributed by atoms with E-state index in [1.807, 2.05) is 20.8 Å². The van der Waals surface area contributed by atoms with Crippen LogP contribution in [0.4, 0.5) is 0 Å². The number of halogens is 1. The first-order valence-electron chi connectivity index (χ1n) is 6.54. The Labute approximate surface area is 125 Å². The van der Waals surface area contributed by atoms with Gasteiger partial charge in [-0.3, -0.25) is 4.90 Å². The van der Waals surface area contributed by atoms with E-state index < -0.39 is 5.97 Å². The smallest absolute Gasteiger partial charge is 0.371 e. The van der Waals surface area contributed by atoms with E-state index in [9.17, 15) is 4.79 Å². The normalized spacial score (nSPS) is 16.8. The molecule has 0 aromatic carbocycles. The van der Waals surface area contributed by atoms with E-state index in [2.05, 4.69) is 4.90 Å². The van der Waals surface area contributed by atoms with Crippen LogP contribution in [0.15, 0.2) is 10.5 Å². The highest BCUT2D eigenvalue weighted by Gasteiger charge is 2.27. The molecule has 6 heteroatoms. The Kier molecular flexibility index (Phi) is 5.62. The van der Waals surface area contributed by atoms with Crippen molar-refractivity contribution in [3.8, 4) is 0 Å². The quantitative estimate of drug-likeness (QED) is 0.785. The van der Waals surface area contributed by atoms with E-state index in [1.54, 1.807) is 6.07 Å². The molecule has 1 saturated heterocycles. The van der Waals surface area contributed by atoms with Crippen LogP contribution in [0.25, 0.3) is 0 Å². The molecule has 0 atom stereocenters. The first kappa shape index (κ1) is 17.0. The molecule has 2 heterocycles. The first-order valence-corrected chi connectivity index (χ1v) is 6.54. The third-order valence-electron chi connectivity index (χ3n) is 3.20. The second-order valence-electron chi connectivity index (χ2n) is 5.91. The third-order valence-corrected chi connectivity index (χ3v) is 3.20. The minimum absolute atomic E-state index is 0. The number of ether oxygens (including phenoxy) is 1. The fraction of sp³-hybridized carbons (Fsp3) is 0.643. The lowest BCUT2D eigenvalue weighted by atomic mass is 9.90. The number of hydrogen-bond acceptors (Lipinski definition) is 4. The number of rotatable bonds is 3. The van der Waals surface area contributed by atoms with Crippen LogP contribution in [0, 0.1) is 0 Å². The van der Waals surface area contributed by atoms with Gasteiger partial charge < -0.3 is 26.7 Å². The molecule has 0 unspecified atom stereocenters. The zero-order valence-electron chi connectivity index (χ0n) is 12.1. The van der Waals surface area contributed by atoms with Gasteiger partial charge in [-0.25, -0.2) is 4.79 Å². The molecular weight excluding hydrogens is 282 g/mol. The molecule has 0 spiro atoms. The summed E-state index contributed by atoms with van der Waals surface area (Å²) < 4.78 is 10.8. The molecule has 1 aromatic heterocycles.